The van der Waals surface area contributed by atoms with E-state index in [2.05, 4.69) is 11.8 Å². The third-order valence-electron chi connectivity index (χ3n) is 1.73. The average molecular weight is 264 g/mol. The first-order valence-electron chi connectivity index (χ1n) is 4.23. The lowest BCUT2D eigenvalue weighted by Gasteiger charge is -2.14. The standard InChI is InChI=1S/C11H9Cl3O/c12-7-11(15,8-13)6-5-9-1-3-10(14)4-2-9/h1-4,15H,7-8H2. The van der Waals surface area contributed by atoms with Crippen molar-refractivity contribution in [3.63, 3.8) is 0 Å². The van der Waals surface area contributed by atoms with Gasteiger partial charge in [0.15, 0.2) is 5.60 Å². The fraction of sp³-hybridized carbons (Fsp3) is 0.273. The van der Waals surface area contributed by atoms with Gasteiger partial charge in [-0.3, -0.25) is 0 Å². The summed E-state index contributed by atoms with van der Waals surface area (Å²) >= 11 is 16.8. The molecule has 80 valence electrons. The molecule has 1 N–H and O–H groups in total. The highest BCUT2D eigenvalue weighted by Crippen LogP contribution is 2.11. The van der Waals surface area contributed by atoms with E-state index < -0.39 is 5.60 Å². The second kappa shape index (κ2) is 5.63. The maximum atomic E-state index is 9.68. The molecule has 1 aromatic carbocycles. The van der Waals surface area contributed by atoms with Crippen LogP contribution in [0.5, 0.6) is 0 Å². The molecule has 0 aliphatic carbocycles. The quantitative estimate of drug-likeness (QED) is 0.642. The van der Waals surface area contributed by atoms with Crippen molar-refractivity contribution in [3.05, 3.63) is 34.9 Å². The molecule has 0 aliphatic rings. The molecular formula is C11H9Cl3O. The van der Waals surface area contributed by atoms with Gasteiger partial charge in [0.25, 0.3) is 0 Å². The van der Waals surface area contributed by atoms with Gasteiger partial charge < -0.3 is 5.11 Å². The van der Waals surface area contributed by atoms with Crippen molar-refractivity contribution in [1.82, 2.24) is 0 Å². The van der Waals surface area contributed by atoms with Crippen LogP contribution in [0.3, 0.4) is 0 Å². The first-order valence-corrected chi connectivity index (χ1v) is 5.67. The summed E-state index contributed by atoms with van der Waals surface area (Å²) in [5.41, 5.74) is -0.573. The van der Waals surface area contributed by atoms with Crippen LogP contribution in [0.15, 0.2) is 24.3 Å². The smallest absolute Gasteiger partial charge is 0.152 e. The van der Waals surface area contributed by atoms with Crippen LogP contribution in [0.4, 0.5) is 0 Å². The van der Waals surface area contributed by atoms with Crippen LogP contribution in [0.1, 0.15) is 5.56 Å². The molecule has 0 aromatic heterocycles. The van der Waals surface area contributed by atoms with E-state index in [0.29, 0.717) is 5.02 Å². The summed E-state index contributed by atoms with van der Waals surface area (Å²) in [5.74, 6) is 5.38. The number of alkyl halides is 2. The van der Waals surface area contributed by atoms with Gasteiger partial charge in [-0.25, -0.2) is 0 Å². The Morgan fingerprint density at radius 1 is 1.13 bits per heavy atom. The van der Waals surface area contributed by atoms with Crippen molar-refractivity contribution in [2.75, 3.05) is 11.8 Å². The molecule has 1 rings (SSSR count). The number of aliphatic hydroxyl groups is 1. The minimum atomic E-state index is -1.33. The Morgan fingerprint density at radius 3 is 2.13 bits per heavy atom. The minimum Gasteiger partial charge on any atom is -0.375 e. The lowest BCUT2D eigenvalue weighted by Crippen LogP contribution is -2.30. The van der Waals surface area contributed by atoms with Crippen LogP contribution in [0.2, 0.25) is 5.02 Å². The molecule has 0 heterocycles. The van der Waals surface area contributed by atoms with E-state index in [9.17, 15) is 5.11 Å². The summed E-state index contributed by atoms with van der Waals surface area (Å²) in [6, 6.07) is 6.98. The lowest BCUT2D eigenvalue weighted by molar-refractivity contribution is 0.151. The maximum Gasteiger partial charge on any atom is 0.152 e. The largest absolute Gasteiger partial charge is 0.375 e. The van der Waals surface area contributed by atoms with E-state index in [0.717, 1.165) is 5.56 Å². The van der Waals surface area contributed by atoms with Gasteiger partial charge >= 0.3 is 0 Å². The van der Waals surface area contributed by atoms with Gasteiger partial charge in [0.2, 0.25) is 0 Å². The van der Waals surface area contributed by atoms with Gasteiger partial charge in [0.05, 0.1) is 11.8 Å². The van der Waals surface area contributed by atoms with Crippen molar-refractivity contribution in [3.8, 4) is 11.8 Å². The fourth-order valence-corrected chi connectivity index (χ4v) is 1.37. The van der Waals surface area contributed by atoms with Gasteiger partial charge in [-0.15, -0.1) is 23.2 Å². The molecule has 0 saturated carbocycles. The number of hydrogen-bond acceptors (Lipinski definition) is 1. The second-order valence-electron chi connectivity index (χ2n) is 3.06. The summed E-state index contributed by atoms with van der Waals surface area (Å²) in [6.45, 7) is 0. The maximum absolute atomic E-state index is 9.68. The first-order chi connectivity index (χ1) is 7.09. The van der Waals surface area contributed by atoms with E-state index in [1.807, 2.05) is 0 Å². The van der Waals surface area contributed by atoms with E-state index in [1.165, 1.54) is 0 Å². The molecule has 1 aromatic rings. The highest BCUT2D eigenvalue weighted by Gasteiger charge is 2.20. The van der Waals surface area contributed by atoms with Gasteiger partial charge in [0, 0.05) is 10.6 Å². The highest BCUT2D eigenvalue weighted by atomic mass is 35.5. The van der Waals surface area contributed by atoms with E-state index in [1.54, 1.807) is 24.3 Å². The van der Waals surface area contributed by atoms with Crippen molar-refractivity contribution < 1.29 is 5.11 Å². The molecule has 0 bridgehead atoms. The minimum absolute atomic E-state index is 0.0168. The normalized spacial score (nSPS) is 10.7. The topological polar surface area (TPSA) is 20.2 Å². The van der Waals surface area contributed by atoms with E-state index in [-0.39, 0.29) is 11.8 Å². The molecule has 0 amide bonds. The van der Waals surface area contributed by atoms with Gasteiger partial charge in [-0.1, -0.05) is 23.4 Å². The average Bonchev–Trinajstić information content (AvgIpc) is 2.28. The Balaban J connectivity index is 2.85. The van der Waals surface area contributed by atoms with Crippen molar-refractivity contribution in [2.24, 2.45) is 0 Å². The Hall–Kier alpha value is -0.390. The summed E-state index contributed by atoms with van der Waals surface area (Å²) in [5, 5.41) is 10.3. The summed E-state index contributed by atoms with van der Waals surface area (Å²) in [6.07, 6.45) is 0. The van der Waals surface area contributed by atoms with Gasteiger partial charge in [-0.05, 0) is 24.3 Å². The van der Waals surface area contributed by atoms with Crippen LogP contribution in [-0.4, -0.2) is 22.5 Å². The Kier molecular flexibility index (Phi) is 4.76. The van der Waals surface area contributed by atoms with Gasteiger partial charge in [-0.2, -0.15) is 0 Å². The number of benzene rings is 1. The molecule has 0 saturated heterocycles. The zero-order valence-corrected chi connectivity index (χ0v) is 10.1. The molecule has 0 unspecified atom stereocenters. The first kappa shape index (κ1) is 12.7. The molecule has 15 heavy (non-hydrogen) atoms. The van der Waals surface area contributed by atoms with E-state index in [4.69, 9.17) is 34.8 Å². The van der Waals surface area contributed by atoms with Crippen LogP contribution in [0, 0.1) is 11.8 Å². The number of halogens is 3. The third-order valence-corrected chi connectivity index (χ3v) is 2.86. The second-order valence-corrected chi connectivity index (χ2v) is 4.03. The molecule has 0 radical (unpaired) electrons. The van der Waals surface area contributed by atoms with Crippen molar-refractivity contribution in [2.45, 2.75) is 5.60 Å². The number of hydrogen-bond donors (Lipinski definition) is 1. The van der Waals surface area contributed by atoms with Crippen LogP contribution >= 0.6 is 34.8 Å². The number of rotatable bonds is 2. The van der Waals surface area contributed by atoms with Crippen molar-refractivity contribution >= 4 is 34.8 Å². The Labute approximate surface area is 104 Å². The van der Waals surface area contributed by atoms with Crippen LogP contribution < -0.4 is 0 Å². The molecule has 0 aliphatic heterocycles. The summed E-state index contributed by atoms with van der Waals surface area (Å²) in [4.78, 5) is 0. The summed E-state index contributed by atoms with van der Waals surface area (Å²) in [7, 11) is 0. The zero-order chi connectivity index (χ0) is 11.3. The summed E-state index contributed by atoms with van der Waals surface area (Å²) < 4.78 is 0. The third kappa shape index (κ3) is 3.93. The highest BCUT2D eigenvalue weighted by molar-refractivity contribution is 6.30. The molecule has 1 nitrogen and oxygen atoms in total. The zero-order valence-electron chi connectivity index (χ0n) is 7.80. The van der Waals surface area contributed by atoms with Crippen LogP contribution in [0.25, 0.3) is 0 Å². The monoisotopic (exact) mass is 262 g/mol. The molecule has 0 fully saturated rings. The van der Waals surface area contributed by atoms with Crippen LogP contribution in [-0.2, 0) is 0 Å². The van der Waals surface area contributed by atoms with E-state index >= 15 is 0 Å². The fourth-order valence-electron chi connectivity index (χ4n) is 0.824. The van der Waals surface area contributed by atoms with Crippen molar-refractivity contribution in [1.29, 1.82) is 0 Å². The lowest BCUT2D eigenvalue weighted by atomic mass is 10.1. The Morgan fingerprint density at radius 2 is 1.67 bits per heavy atom. The predicted octanol–water partition coefficient (Wildman–Crippen LogP) is 2.90. The predicted molar refractivity (Wildman–Crippen MR) is 64.7 cm³/mol. The SMILES string of the molecule is OC(C#Cc1ccc(Cl)cc1)(CCl)CCl. The molecule has 0 atom stereocenters. The molecule has 4 heteroatoms. The molecular weight excluding hydrogens is 254 g/mol. The molecule has 0 spiro atoms. The Bertz CT molecular complexity index is 371. The van der Waals surface area contributed by atoms with Gasteiger partial charge in [0.1, 0.15) is 0 Å².